The average Bonchev–Trinajstić information content (AvgIpc) is 2.55. The Morgan fingerprint density at radius 2 is 1.71 bits per heavy atom. The summed E-state index contributed by atoms with van der Waals surface area (Å²) in [5, 5.41) is 0. The van der Waals surface area contributed by atoms with Crippen LogP contribution in [0.4, 0.5) is 0 Å². The molecule has 2 aromatic rings. The first-order valence-corrected chi connectivity index (χ1v) is 7.22. The Morgan fingerprint density at radius 1 is 1.00 bits per heavy atom. The fourth-order valence-corrected chi connectivity index (χ4v) is 2.73. The molecule has 1 atom stereocenters. The van der Waals surface area contributed by atoms with Crippen LogP contribution in [0.1, 0.15) is 30.9 Å². The molecule has 0 heterocycles. The Labute approximate surface area is 126 Å². The standard InChI is InChI=1S/C18H23NO2/c1-4-12-18(19,14-8-6-5-7-9-14)16-13-15(20-2)10-11-17(16)21-3/h5-11,13H,4,12,19H2,1-3H3. The van der Waals surface area contributed by atoms with Gasteiger partial charge in [-0.2, -0.15) is 0 Å². The molecule has 0 spiro atoms. The first-order chi connectivity index (χ1) is 10.2. The van der Waals surface area contributed by atoms with Gasteiger partial charge in [0.25, 0.3) is 0 Å². The van der Waals surface area contributed by atoms with Crippen molar-refractivity contribution in [1.82, 2.24) is 0 Å². The number of nitrogens with two attached hydrogens (primary N) is 1. The SMILES string of the molecule is CCCC(N)(c1ccccc1)c1cc(OC)ccc1OC. The third-order valence-electron chi connectivity index (χ3n) is 3.82. The van der Waals surface area contributed by atoms with E-state index in [-0.39, 0.29) is 0 Å². The lowest BCUT2D eigenvalue weighted by Gasteiger charge is -2.32. The number of methoxy groups -OCH3 is 2. The van der Waals surface area contributed by atoms with Crippen molar-refractivity contribution >= 4 is 0 Å². The van der Waals surface area contributed by atoms with Crippen LogP contribution in [0.5, 0.6) is 11.5 Å². The highest BCUT2D eigenvalue weighted by atomic mass is 16.5. The molecule has 0 aliphatic carbocycles. The second-order valence-electron chi connectivity index (χ2n) is 5.15. The predicted octanol–water partition coefficient (Wildman–Crippen LogP) is 3.71. The van der Waals surface area contributed by atoms with Crippen LogP contribution in [-0.2, 0) is 5.54 Å². The second-order valence-corrected chi connectivity index (χ2v) is 5.15. The largest absolute Gasteiger partial charge is 0.497 e. The van der Waals surface area contributed by atoms with E-state index >= 15 is 0 Å². The quantitative estimate of drug-likeness (QED) is 0.880. The third kappa shape index (κ3) is 3.03. The summed E-state index contributed by atoms with van der Waals surface area (Å²) in [7, 11) is 3.33. The molecule has 0 saturated heterocycles. The van der Waals surface area contributed by atoms with Crippen LogP contribution < -0.4 is 15.2 Å². The molecule has 0 aliphatic rings. The Hall–Kier alpha value is -2.00. The number of rotatable bonds is 6. The van der Waals surface area contributed by atoms with Crippen molar-refractivity contribution in [2.24, 2.45) is 5.73 Å². The minimum atomic E-state index is -0.587. The van der Waals surface area contributed by atoms with Crippen molar-refractivity contribution < 1.29 is 9.47 Å². The Kier molecular flexibility index (Phi) is 4.86. The van der Waals surface area contributed by atoms with Gasteiger partial charge in [-0.1, -0.05) is 43.7 Å². The molecule has 0 radical (unpaired) electrons. The monoisotopic (exact) mass is 285 g/mol. The maximum absolute atomic E-state index is 6.82. The van der Waals surface area contributed by atoms with Crippen LogP contribution in [0, 0.1) is 0 Å². The molecule has 0 amide bonds. The molecule has 2 aromatic carbocycles. The van der Waals surface area contributed by atoms with Gasteiger partial charge in [0.05, 0.1) is 19.8 Å². The van der Waals surface area contributed by atoms with Crippen LogP contribution in [0.3, 0.4) is 0 Å². The summed E-state index contributed by atoms with van der Waals surface area (Å²) in [6.07, 6.45) is 1.81. The topological polar surface area (TPSA) is 44.5 Å². The van der Waals surface area contributed by atoms with E-state index in [1.165, 1.54) is 0 Å². The van der Waals surface area contributed by atoms with Crippen LogP contribution in [0.2, 0.25) is 0 Å². The van der Waals surface area contributed by atoms with Crippen molar-refractivity contribution in [2.75, 3.05) is 14.2 Å². The smallest absolute Gasteiger partial charge is 0.124 e. The number of ether oxygens (including phenoxy) is 2. The molecule has 2 rings (SSSR count). The Balaban J connectivity index is 2.62. The van der Waals surface area contributed by atoms with Gasteiger partial charge in [0, 0.05) is 5.56 Å². The van der Waals surface area contributed by atoms with E-state index in [1.54, 1.807) is 14.2 Å². The van der Waals surface area contributed by atoms with Gasteiger partial charge in [-0.25, -0.2) is 0 Å². The van der Waals surface area contributed by atoms with Crippen molar-refractivity contribution in [3.05, 3.63) is 59.7 Å². The summed E-state index contributed by atoms with van der Waals surface area (Å²) in [6, 6.07) is 15.9. The molecular weight excluding hydrogens is 262 g/mol. The van der Waals surface area contributed by atoms with Crippen molar-refractivity contribution in [3.63, 3.8) is 0 Å². The van der Waals surface area contributed by atoms with E-state index in [0.717, 1.165) is 35.5 Å². The number of benzene rings is 2. The zero-order valence-electron chi connectivity index (χ0n) is 12.9. The van der Waals surface area contributed by atoms with E-state index in [4.69, 9.17) is 15.2 Å². The average molecular weight is 285 g/mol. The van der Waals surface area contributed by atoms with E-state index in [2.05, 4.69) is 19.1 Å². The highest BCUT2D eigenvalue weighted by Gasteiger charge is 2.32. The van der Waals surface area contributed by atoms with Crippen LogP contribution in [0.25, 0.3) is 0 Å². The highest BCUT2D eigenvalue weighted by Crippen LogP contribution is 2.39. The second kappa shape index (κ2) is 6.64. The Morgan fingerprint density at radius 3 is 2.29 bits per heavy atom. The van der Waals surface area contributed by atoms with Crippen molar-refractivity contribution in [3.8, 4) is 11.5 Å². The van der Waals surface area contributed by atoms with E-state index in [0.29, 0.717) is 0 Å². The van der Waals surface area contributed by atoms with Gasteiger partial charge >= 0.3 is 0 Å². The van der Waals surface area contributed by atoms with Gasteiger partial charge in [0.2, 0.25) is 0 Å². The first kappa shape index (κ1) is 15.4. The fourth-order valence-electron chi connectivity index (χ4n) is 2.73. The molecule has 112 valence electrons. The molecular formula is C18H23NO2. The lowest BCUT2D eigenvalue weighted by Crippen LogP contribution is -2.38. The van der Waals surface area contributed by atoms with Gasteiger partial charge in [-0.15, -0.1) is 0 Å². The molecule has 21 heavy (non-hydrogen) atoms. The molecule has 0 aromatic heterocycles. The van der Waals surface area contributed by atoms with Crippen LogP contribution in [0.15, 0.2) is 48.5 Å². The molecule has 3 heteroatoms. The van der Waals surface area contributed by atoms with Gasteiger partial charge < -0.3 is 15.2 Å². The number of hydrogen-bond acceptors (Lipinski definition) is 3. The summed E-state index contributed by atoms with van der Waals surface area (Å²) in [5.74, 6) is 1.57. The summed E-state index contributed by atoms with van der Waals surface area (Å²) in [4.78, 5) is 0. The summed E-state index contributed by atoms with van der Waals surface area (Å²) >= 11 is 0. The lowest BCUT2D eigenvalue weighted by atomic mass is 9.79. The fraction of sp³-hybridized carbons (Fsp3) is 0.333. The van der Waals surface area contributed by atoms with E-state index in [1.807, 2.05) is 36.4 Å². The van der Waals surface area contributed by atoms with Gasteiger partial charge in [0.15, 0.2) is 0 Å². The van der Waals surface area contributed by atoms with Crippen molar-refractivity contribution in [2.45, 2.75) is 25.3 Å². The maximum atomic E-state index is 6.82. The summed E-state index contributed by atoms with van der Waals surface area (Å²) < 4.78 is 10.9. The van der Waals surface area contributed by atoms with E-state index in [9.17, 15) is 0 Å². The molecule has 0 aliphatic heterocycles. The maximum Gasteiger partial charge on any atom is 0.124 e. The molecule has 0 fully saturated rings. The first-order valence-electron chi connectivity index (χ1n) is 7.22. The Bertz CT molecular complexity index is 583. The lowest BCUT2D eigenvalue weighted by molar-refractivity contribution is 0.379. The summed E-state index contributed by atoms with van der Waals surface area (Å²) in [5.41, 5.74) is 8.27. The van der Waals surface area contributed by atoms with Crippen molar-refractivity contribution in [1.29, 1.82) is 0 Å². The molecule has 0 bridgehead atoms. The van der Waals surface area contributed by atoms with Crippen LogP contribution >= 0.6 is 0 Å². The normalized spacial score (nSPS) is 13.5. The van der Waals surface area contributed by atoms with E-state index < -0.39 is 5.54 Å². The van der Waals surface area contributed by atoms with Crippen LogP contribution in [-0.4, -0.2) is 14.2 Å². The summed E-state index contributed by atoms with van der Waals surface area (Å²) in [6.45, 7) is 2.14. The zero-order chi connectivity index (χ0) is 15.3. The molecule has 0 saturated carbocycles. The van der Waals surface area contributed by atoms with Gasteiger partial charge in [-0.3, -0.25) is 0 Å². The predicted molar refractivity (Wildman–Crippen MR) is 85.9 cm³/mol. The highest BCUT2D eigenvalue weighted by molar-refractivity contribution is 5.49. The minimum absolute atomic E-state index is 0.587. The molecule has 2 N–H and O–H groups in total. The van der Waals surface area contributed by atoms with Gasteiger partial charge in [0.1, 0.15) is 11.5 Å². The number of hydrogen-bond donors (Lipinski definition) is 1. The molecule has 1 unspecified atom stereocenters. The molecule has 3 nitrogen and oxygen atoms in total. The van der Waals surface area contributed by atoms with Gasteiger partial charge in [-0.05, 0) is 30.2 Å². The third-order valence-corrected chi connectivity index (χ3v) is 3.82. The zero-order valence-corrected chi connectivity index (χ0v) is 12.9. The minimum Gasteiger partial charge on any atom is -0.497 e.